The Morgan fingerprint density at radius 3 is 2.63 bits per heavy atom. The molecule has 27 heavy (non-hydrogen) atoms. The number of ether oxygens (including phenoxy) is 1. The van der Waals surface area contributed by atoms with Gasteiger partial charge in [-0.25, -0.2) is 4.98 Å². The van der Waals surface area contributed by atoms with Crippen LogP contribution >= 0.6 is 11.6 Å². The molecule has 1 aliphatic heterocycles. The maximum absolute atomic E-state index is 12.1. The monoisotopic (exact) mass is 387 g/mol. The van der Waals surface area contributed by atoms with E-state index in [4.69, 9.17) is 16.3 Å². The minimum absolute atomic E-state index is 0.00910. The van der Waals surface area contributed by atoms with Gasteiger partial charge in [-0.3, -0.25) is 4.79 Å². The zero-order chi connectivity index (χ0) is 19.2. The normalized spacial score (nSPS) is 19.7. The van der Waals surface area contributed by atoms with E-state index in [1.807, 2.05) is 42.6 Å². The standard InChI is InChI=1S/C21H26ClN3O2/c1-15-13-25(14-16(2)27-15)20-9-7-17(11-23-20)12-24-21(26)10-8-18-5-3-4-6-19(18)22/h3-7,9,11,15-16H,8,10,12-14H2,1-2H3,(H,24,26)/t15-,16+. The molecular weight excluding hydrogens is 362 g/mol. The van der Waals surface area contributed by atoms with Crippen LogP contribution in [0.3, 0.4) is 0 Å². The van der Waals surface area contributed by atoms with Crippen molar-refractivity contribution >= 4 is 23.3 Å². The lowest BCUT2D eigenvalue weighted by Gasteiger charge is -2.36. The molecule has 1 aromatic heterocycles. The number of halogens is 1. The van der Waals surface area contributed by atoms with Gasteiger partial charge in [0.05, 0.1) is 12.2 Å². The van der Waals surface area contributed by atoms with Crippen molar-refractivity contribution in [2.24, 2.45) is 0 Å². The van der Waals surface area contributed by atoms with E-state index in [0.29, 0.717) is 24.4 Å². The minimum Gasteiger partial charge on any atom is -0.372 e. The summed E-state index contributed by atoms with van der Waals surface area (Å²) in [5.74, 6) is 0.959. The van der Waals surface area contributed by atoms with E-state index < -0.39 is 0 Å². The highest BCUT2D eigenvalue weighted by molar-refractivity contribution is 6.31. The maximum Gasteiger partial charge on any atom is 0.220 e. The second kappa shape index (κ2) is 9.20. The molecule has 0 spiro atoms. The number of hydrogen-bond donors (Lipinski definition) is 1. The summed E-state index contributed by atoms with van der Waals surface area (Å²) < 4.78 is 5.76. The summed E-state index contributed by atoms with van der Waals surface area (Å²) in [4.78, 5) is 18.9. The summed E-state index contributed by atoms with van der Waals surface area (Å²) in [6, 6.07) is 11.6. The third-order valence-electron chi connectivity index (χ3n) is 4.62. The summed E-state index contributed by atoms with van der Waals surface area (Å²) in [7, 11) is 0. The summed E-state index contributed by atoms with van der Waals surface area (Å²) in [6.07, 6.45) is 3.28. The van der Waals surface area contributed by atoms with Crippen LogP contribution in [0.2, 0.25) is 5.02 Å². The molecule has 0 saturated carbocycles. The Kier molecular flexibility index (Phi) is 6.69. The molecule has 3 rings (SSSR count). The van der Waals surface area contributed by atoms with Crippen LogP contribution in [0.25, 0.3) is 0 Å². The number of aromatic nitrogens is 1. The fraction of sp³-hybridized carbons (Fsp3) is 0.429. The molecule has 5 nitrogen and oxygen atoms in total. The number of carbonyl (C=O) groups is 1. The molecular formula is C21H26ClN3O2. The number of carbonyl (C=O) groups excluding carboxylic acids is 1. The van der Waals surface area contributed by atoms with Gasteiger partial charge in [0.15, 0.2) is 0 Å². The van der Waals surface area contributed by atoms with Gasteiger partial charge in [0.2, 0.25) is 5.91 Å². The number of amides is 1. The SMILES string of the molecule is C[C@@H]1CN(c2ccc(CNC(=O)CCc3ccccc3Cl)cn2)C[C@H](C)O1. The fourth-order valence-electron chi connectivity index (χ4n) is 3.31. The number of pyridine rings is 1. The van der Waals surface area contributed by atoms with Crippen LogP contribution in [0.5, 0.6) is 0 Å². The first kappa shape index (κ1) is 19.6. The van der Waals surface area contributed by atoms with E-state index in [1.165, 1.54) is 0 Å². The van der Waals surface area contributed by atoms with Crippen molar-refractivity contribution in [3.05, 3.63) is 58.7 Å². The van der Waals surface area contributed by atoms with Crippen molar-refractivity contribution < 1.29 is 9.53 Å². The first-order chi connectivity index (χ1) is 13.0. The molecule has 0 aliphatic carbocycles. The minimum atomic E-state index is 0.00910. The molecule has 6 heteroatoms. The van der Waals surface area contributed by atoms with Crippen molar-refractivity contribution in [1.29, 1.82) is 0 Å². The highest BCUT2D eigenvalue weighted by atomic mass is 35.5. The Balaban J connectivity index is 1.47. The Morgan fingerprint density at radius 2 is 1.96 bits per heavy atom. The van der Waals surface area contributed by atoms with Gasteiger partial charge in [-0.05, 0) is 43.5 Å². The van der Waals surface area contributed by atoms with Crippen molar-refractivity contribution in [2.75, 3.05) is 18.0 Å². The first-order valence-corrected chi connectivity index (χ1v) is 9.74. The number of benzene rings is 1. The molecule has 1 fully saturated rings. The Morgan fingerprint density at radius 1 is 1.22 bits per heavy atom. The highest BCUT2D eigenvalue weighted by Gasteiger charge is 2.22. The molecule has 0 radical (unpaired) electrons. The van der Waals surface area contributed by atoms with Crippen molar-refractivity contribution in [1.82, 2.24) is 10.3 Å². The lowest BCUT2D eigenvalue weighted by Crippen LogP contribution is -2.45. The quantitative estimate of drug-likeness (QED) is 0.822. The maximum atomic E-state index is 12.1. The average Bonchev–Trinajstić information content (AvgIpc) is 2.65. The van der Waals surface area contributed by atoms with Crippen molar-refractivity contribution in [3.63, 3.8) is 0 Å². The lowest BCUT2D eigenvalue weighted by molar-refractivity contribution is -0.121. The predicted octanol–water partition coefficient (Wildman–Crippen LogP) is 3.60. The van der Waals surface area contributed by atoms with E-state index in [1.54, 1.807) is 0 Å². The molecule has 2 atom stereocenters. The zero-order valence-corrected chi connectivity index (χ0v) is 16.6. The Hall–Kier alpha value is -2.11. The molecule has 2 heterocycles. The molecule has 1 aromatic carbocycles. The summed E-state index contributed by atoms with van der Waals surface area (Å²) in [6.45, 7) is 6.32. The van der Waals surface area contributed by atoms with Crippen LogP contribution in [-0.4, -0.2) is 36.2 Å². The van der Waals surface area contributed by atoms with Gasteiger partial charge in [0.25, 0.3) is 0 Å². The fourth-order valence-corrected chi connectivity index (χ4v) is 3.54. The second-order valence-corrected chi connectivity index (χ2v) is 7.46. The third kappa shape index (κ3) is 5.68. The first-order valence-electron chi connectivity index (χ1n) is 9.36. The van der Waals surface area contributed by atoms with Gasteiger partial charge in [-0.2, -0.15) is 0 Å². The zero-order valence-electron chi connectivity index (χ0n) is 15.8. The van der Waals surface area contributed by atoms with Gasteiger partial charge in [0, 0.05) is 37.3 Å². The number of morpholine rings is 1. The average molecular weight is 388 g/mol. The predicted molar refractivity (Wildman–Crippen MR) is 108 cm³/mol. The lowest BCUT2D eigenvalue weighted by atomic mass is 10.1. The topological polar surface area (TPSA) is 54.5 Å². The molecule has 2 aromatic rings. The van der Waals surface area contributed by atoms with Crippen molar-refractivity contribution in [3.8, 4) is 0 Å². The van der Waals surface area contributed by atoms with Crippen LogP contribution < -0.4 is 10.2 Å². The molecule has 0 unspecified atom stereocenters. The molecule has 1 N–H and O–H groups in total. The Labute approximate surface area is 165 Å². The molecule has 1 amide bonds. The summed E-state index contributed by atoms with van der Waals surface area (Å²) >= 11 is 6.13. The van der Waals surface area contributed by atoms with Crippen LogP contribution in [0.4, 0.5) is 5.82 Å². The molecule has 0 bridgehead atoms. The second-order valence-electron chi connectivity index (χ2n) is 7.06. The highest BCUT2D eigenvalue weighted by Crippen LogP contribution is 2.19. The summed E-state index contributed by atoms with van der Waals surface area (Å²) in [5.41, 5.74) is 1.98. The number of rotatable bonds is 6. The molecule has 1 saturated heterocycles. The smallest absolute Gasteiger partial charge is 0.220 e. The van der Waals surface area contributed by atoms with Gasteiger partial charge in [-0.15, -0.1) is 0 Å². The van der Waals surface area contributed by atoms with Gasteiger partial charge in [-0.1, -0.05) is 35.9 Å². The number of nitrogens with zero attached hydrogens (tertiary/aromatic N) is 2. The number of nitrogens with one attached hydrogen (secondary N) is 1. The van der Waals surface area contributed by atoms with Gasteiger partial charge in [0.1, 0.15) is 5.82 Å². The van der Waals surface area contributed by atoms with E-state index >= 15 is 0 Å². The Bertz CT molecular complexity index is 756. The van der Waals surface area contributed by atoms with Crippen LogP contribution in [0.1, 0.15) is 31.4 Å². The third-order valence-corrected chi connectivity index (χ3v) is 4.99. The molecule has 1 aliphatic rings. The van der Waals surface area contributed by atoms with Crippen molar-refractivity contribution in [2.45, 2.75) is 45.4 Å². The van der Waals surface area contributed by atoms with E-state index in [0.717, 1.165) is 30.0 Å². The van der Waals surface area contributed by atoms with Crippen LogP contribution in [0, 0.1) is 0 Å². The van der Waals surface area contributed by atoms with E-state index in [9.17, 15) is 4.79 Å². The van der Waals surface area contributed by atoms with Crippen LogP contribution in [0.15, 0.2) is 42.6 Å². The molecule has 144 valence electrons. The summed E-state index contributed by atoms with van der Waals surface area (Å²) in [5, 5.41) is 3.65. The number of anilines is 1. The van der Waals surface area contributed by atoms with Gasteiger partial charge < -0.3 is 15.0 Å². The van der Waals surface area contributed by atoms with Crippen LogP contribution in [-0.2, 0) is 22.5 Å². The van der Waals surface area contributed by atoms with E-state index in [2.05, 4.69) is 29.0 Å². The van der Waals surface area contributed by atoms with Gasteiger partial charge >= 0.3 is 0 Å². The number of aryl methyl sites for hydroxylation is 1. The largest absolute Gasteiger partial charge is 0.372 e. The number of hydrogen-bond acceptors (Lipinski definition) is 4. The van der Waals surface area contributed by atoms with E-state index in [-0.39, 0.29) is 18.1 Å².